The van der Waals surface area contributed by atoms with Crippen molar-refractivity contribution in [2.24, 2.45) is 5.92 Å². The van der Waals surface area contributed by atoms with E-state index in [1.165, 1.54) is 5.56 Å². The minimum absolute atomic E-state index is 0.0397. The molecule has 1 saturated heterocycles. The molecule has 4 heteroatoms. The summed E-state index contributed by atoms with van der Waals surface area (Å²) in [5, 5.41) is 3.21. The molecule has 0 unspecified atom stereocenters. The monoisotopic (exact) mass is 348 g/mol. The first-order chi connectivity index (χ1) is 12.7. The lowest BCUT2D eigenvalue weighted by Gasteiger charge is -2.25. The summed E-state index contributed by atoms with van der Waals surface area (Å²) in [7, 11) is 0. The van der Waals surface area contributed by atoms with Crippen LogP contribution in [0.2, 0.25) is 0 Å². The summed E-state index contributed by atoms with van der Waals surface area (Å²) in [6.45, 7) is 1.34. The second kappa shape index (κ2) is 7.32. The van der Waals surface area contributed by atoms with Gasteiger partial charge >= 0.3 is 0 Å². The first-order valence-corrected chi connectivity index (χ1v) is 9.40. The van der Waals surface area contributed by atoms with Gasteiger partial charge in [0.2, 0.25) is 11.8 Å². The largest absolute Gasteiger partial charge is 0.347 e. The zero-order chi connectivity index (χ0) is 17.9. The van der Waals surface area contributed by atoms with Crippen LogP contribution in [0, 0.1) is 5.92 Å². The smallest absolute Gasteiger partial charge is 0.224 e. The normalized spacial score (nSPS) is 22.9. The third kappa shape index (κ3) is 3.64. The molecule has 1 aliphatic heterocycles. The molecule has 0 aromatic heterocycles. The van der Waals surface area contributed by atoms with Crippen LogP contribution >= 0.6 is 0 Å². The van der Waals surface area contributed by atoms with Crippen molar-refractivity contribution in [1.29, 1.82) is 0 Å². The molecule has 4 nitrogen and oxygen atoms in total. The lowest BCUT2D eigenvalue weighted by atomic mass is 10.1. The fourth-order valence-corrected chi connectivity index (χ4v) is 3.87. The third-order valence-electron chi connectivity index (χ3n) is 5.45. The number of carbonyl (C=O) groups excluding carboxylic acids is 2. The van der Waals surface area contributed by atoms with E-state index in [9.17, 15) is 9.59 Å². The first kappa shape index (κ1) is 16.8. The van der Waals surface area contributed by atoms with Crippen LogP contribution in [0.3, 0.4) is 0 Å². The van der Waals surface area contributed by atoms with Crippen molar-refractivity contribution in [1.82, 2.24) is 10.2 Å². The fourth-order valence-electron chi connectivity index (χ4n) is 3.87. The maximum atomic E-state index is 12.8. The van der Waals surface area contributed by atoms with E-state index in [2.05, 4.69) is 17.4 Å². The summed E-state index contributed by atoms with van der Waals surface area (Å²) < 4.78 is 0. The van der Waals surface area contributed by atoms with Gasteiger partial charge in [-0.3, -0.25) is 9.59 Å². The summed E-state index contributed by atoms with van der Waals surface area (Å²) in [5.74, 6) is 0.645. The van der Waals surface area contributed by atoms with E-state index in [1.54, 1.807) is 0 Å². The number of nitrogens with zero attached hydrogens (tertiary/aromatic N) is 1. The van der Waals surface area contributed by atoms with Gasteiger partial charge in [0.05, 0.1) is 6.04 Å². The van der Waals surface area contributed by atoms with Gasteiger partial charge in [0.15, 0.2) is 0 Å². The highest BCUT2D eigenvalue weighted by Gasteiger charge is 2.44. The Morgan fingerprint density at radius 3 is 2.42 bits per heavy atom. The molecular weight excluding hydrogens is 324 g/mol. The topological polar surface area (TPSA) is 49.4 Å². The predicted octanol–water partition coefficient (Wildman–Crippen LogP) is 3.27. The van der Waals surface area contributed by atoms with Crippen molar-refractivity contribution in [3.63, 3.8) is 0 Å². The Labute approximate surface area is 154 Å². The highest BCUT2D eigenvalue weighted by Crippen LogP contribution is 2.47. The van der Waals surface area contributed by atoms with Crippen LogP contribution < -0.4 is 5.32 Å². The predicted molar refractivity (Wildman–Crippen MR) is 100 cm³/mol. The van der Waals surface area contributed by atoms with Crippen LogP contribution in [0.5, 0.6) is 0 Å². The molecule has 1 saturated carbocycles. The van der Waals surface area contributed by atoms with Crippen molar-refractivity contribution < 1.29 is 9.59 Å². The number of amides is 2. The average molecular weight is 348 g/mol. The highest BCUT2D eigenvalue weighted by molar-refractivity contribution is 5.83. The number of carbonyl (C=O) groups is 2. The Hall–Kier alpha value is -2.62. The number of hydrogen-bond donors (Lipinski definition) is 1. The molecule has 2 fully saturated rings. The number of hydrogen-bond acceptors (Lipinski definition) is 2. The summed E-state index contributed by atoms with van der Waals surface area (Å²) in [5.41, 5.74) is 2.29. The maximum Gasteiger partial charge on any atom is 0.224 e. The van der Waals surface area contributed by atoms with E-state index in [1.807, 2.05) is 53.4 Å². The molecule has 0 radical (unpaired) electrons. The number of benzene rings is 2. The van der Waals surface area contributed by atoms with Crippen molar-refractivity contribution >= 4 is 11.8 Å². The molecule has 0 spiro atoms. The van der Waals surface area contributed by atoms with Crippen molar-refractivity contribution in [3.8, 4) is 0 Å². The quantitative estimate of drug-likeness (QED) is 0.871. The third-order valence-corrected chi connectivity index (χ3v) is 5.45. The minimum atomic E-state index is -0.150. The van der Waals surface area contributed by atoms with Crippen LogP contribution in [-0.4, -0.2) is 29.8 Å². The molecule has 0 bridgehead atoms. The Morgan fingerprint density at radius 2 is 1.77 bits per heavy atom. The Morgan fingerprint density at radius 1 is 1.08 bits per heavy atom. The molecular formula is C22H24N2O2. The molecule has 26 heavy (non-hydrogen) atoms. The standard InChI is InChI=1S/C22H24N2O2/c25-21-12-7-13-24(21)15-20(17-10-5-2-6-11-17)23-22(26)19-14-18(19)16-8-3-1-4-9-16/h1-6,8-11,18-20H,7,12-15H2,(H,23,26)/t18-,19-,20-/m1/s1. The van der Waals surface area contributed by atoms with Gasteiger partial charge in [-0.05, 0) is 29.9 Å². The molecule has 2 aliphatic rings. The lowest BCUT2D eigenvalue weighted by Crippen LogP contribution is -2.39. The summed E-state index contributed by atoms with van der Waals surface area (Å²) in [6.07, 6.45) is 2.43. The van der Waals surface area contributed by atoms with Gasteiger partial charge in [0.1, 0.15) is 0 Å². The summed E-state index contributed by atoms with van der Waals surface area (Å²) >= 11 is 0. The maximum absolute atomic E-state index is 12.8. The van der Waals surface area contributed by atoms with Gasteiger partial charge < -0.3 is 10.2 Å². The van der Waals surface area contributed by atoms with Crippen LogP contribution in [0.25, 0.3) is 0 Å². The van der Waals surface area contributed by atoms with Crippen molar-refractivity contribution in [2.45, 2.75) is 31.2 Å². The first-order valence-electron chi connectivity index (χ1n) is 9.40. The number of nitrogens with one attached hydrogen (secondary N) is 1. The molecule has 2 aromatic rings. The van der Waals surface area contributed by atoms with Gasteiger partial charge in [-0.1, -0.05) is 60.7 Å². The van der Waals surface area contributed by atoms with Gasteiger partial charge in [-0.25, -0.2) is 0 Å². The zero-order valence-electron chi connectivity index (χ0n) is 14.8. The number of rotatable bonds is 6. The van der Waals surface area contributed by atoms with Crippen LogP contribution in [0.4, 0.5) is 0 Å². The summed E-state index contributed by atoms with van der Waals surface area (Å²) in [4.78, 5) is 26.7. The molecule has 2 amide bonds. The van der Waals surface area contributed by atoms with Crippen molar-refractivity contribution in [3.05, 3.63) is 71.8 Å². The van der Waals surface area contributed by atoms with E-state index in [0.29, 0.717) is 18.9 Å². The molecule has 1 N–H and O–H groups in total. The second-order valence-electron chi connectivity index (χ2n) is 7.27. The zero-order valence-corrected chi connectivity index (χ0v) is 14.8. The molecule has 4 rings (SSSR count). The van der Waals surface area contributed by atoms with E-state index in [4.69, 9.17) is 0 Å². The second-order valence-corrected chi connectivity index (χ2v) is 7.27. The van der Waals surface area contributed by atoms with E-state index < -0.39 is 0 Å². The van der Waals surface area contributed by atoms with Crippen LogP contribution in [0.15, 0.2) is 60.7 Å². The molecule has 134 valence electrons. The van der Waals surface area contributed by atoms with E-state index in [0.717, 1.165) is 24.9 Å². The summed E-state index contributed by atoms with van der Waals surface area (Å²) in [6, 6.07) is 20.0. The molecule has 2 aromatic carbocycles. The molecule has 3 atom stereocenters. The van der Waals surface area contributed by atoms with Gasteiger partial charge in [0.25, 0.3) is 0 Å². The Kier molecular flexibility index (Phi) is 4.74. The van der Waals surface area contributed by atoms with Gasteiger partial charge in [-0.15, -0.1) is 0 Å². The molecule has 1 aliphatic carbocycles. The van der Waals surface area contributed by atoms with Gasteiger partial charge in [-0.2, -0.15) is 0 Å². The lowest BCUT2D eigenvalue weighted by molar-refractivity contribution is -0.129. The SMILES string of the molecule is O=C(N[C@H](CN1CCCC1=O)c1ccccc1)[C@@H]1C[C@@H]1c1ccccc1. The Bertz CT molecular complexity index is 775. The minimum Gasteiger partial charge on any atom is -0.347 e. The van der Waals surface area contributed by atoms with E-state index >= 15 is 0 Å². The number of likely N-dealkylation sites (tertiary alicyclic amines) is 1. The Balaban J connectivity index is 1.45. The van der Waals surface area contributed by atoms with E-state index in [-0.39, 0.29) is 23.8 Å². The average Bonchev–Trinajstić information content (AvgIpc) is 3.39. The van der Waals surface area contributed by atoms with Crippen LogP contribution in [-0.2, 0) is 9.59 Å². The van der Waals surface area contributed by atoms with Crippen molar-refractivity contribution in [2.75, 3.05) is 13.1 Å². The highest BCUT2D eigenvalue weighted by atomic mass is 16.2. The van der Waals surface area contributed by atoms with Gasteiger partial charge in [0, 0.05) is 25.4 Å². The molecule has 1 heterocycles. The van der Waals surface area contributed by atoms with Crippen LogP contribution in [0.1, 0.15) is 42.3 Å². The fraction of sp³-hybridized carbons (Fsp3) is 0.364.